The zero-order valence-electron chi connectivity index (χ0n) is 18.2. The lowest BCUT2D eigenvalue weighted by Gasteiger charge is -2.24. The van der Waals surface area contributed by atoms with E-state index in [9.17, 15) is 4.79 Å². The van der Waals surface area contributed by atoms with Crippen LogP contribution in [0.3, 0.4) is 0 Å². The first-order valence-corrected chi connectivity index (χ1v) is 10.5. The number of pyridine rings is 1. The maximum Gasteiger partial charge on any atom is 0.389 e. The van der Waals surface area contributed by atoms with E-state index in [4.69, 9.17) is 0 Å². The summed E-state index contributed by atoms with van der Waals surface area (Å²) in [5.41, 5.74) is 5.72. The lowest BCUT2D eigenvalue weighted by atomic mass is 9.89. The largest absolute Gasteiger partial charge is 1.00 e. The van der Waals surface area contributed by atoms with E-state index in [2.05, 4.69) is 85.5 Å². The molecule has 3 aromatic carbocycles. The molecule has 1 heterocycles. The van der Waals surface area contributed by atoms with Gasteiger partial charge in [0.05, 0.1) is 18.2 Å². The fourth-order valence-electron chi connectivity index (χ4n) is 4.14. The molecule has 0 N–H and O–H groups in total. The van der Waals surface area contributed by atoms with Gasteiger partial charge in [0.15, 0.2) is 12.4 Å². The number of fused-ring (bicyclic) bond motifs is 1. The van der Waals surface area contributed by atoms with Crippen LogP contribution in [0.1, 0.15) is 25.6 Å². The van der Waals surface area contributed by atoms with E-state index in [1.807, 2.05) is 18.5 Å². The van der Waals surface area contributed by atoms with Gasteiger partial charge in [0.2, 0.25) is 0 Å². The van der Waals surface area contributed by atoms with Crippen molar-refractivity contribution in [3.8, 4) is 22.3 Å². The minimum Gasteiger partial charge on any atom is -1.00 e. The van der Waals surface area contributed by atoms with Crippen LogP contribution < -0.4 is 21.9 Å². The Morgan fingerprint density at radius 3 is 2.19 bits per heavy atom. The van der Waals surface area contributed by atoms with Crippen LogP contribution in [-0.2, 0) is 0 Å². The van der Waals surface area contributed by atoms with Gasteiger partial charge in [-0.3, -0.25) is 0 Å². The van der Waals surface area contributed by atoms with Gasteiger partial charge in [-0.1, -0.05) is 66.7 Å². The van der Waals surface area contributed by atoms with Crippen molar-refractivity contribution in [1.29, 1.82) is 0 Å². The first-order chi connectivity index (χ1) is 14.6. The number of carbonyl (C=O) groups excluding carboxylic acids is 1. The van der Waals surface area contributed by atoms with Crippen molar-refractivity contribution < 1.29 is 21.8 Å². The maximum absolute atomic E-state index is 12.2. The van der Waals surface area contributed by atoms with E-state index < -0.39 is 0 Å². The lowest BCUT2D eigenvalue weighted by Crippen LogP contribution is -3.00. The van der Waals surface area contributed by atoms with Crippen LogP contribution in [0.2, 0.25) is 0 Å². The van der Waals surface area contributed by atoms with Crippen molar-refractivity contribution in [2.24, 2.45) is 0 Å². The third kappa shape index (κ3) is 4.33. The van der Waals surface area contributed by atoms with Crippen molar-refractivity contribution in [3.05, 3.63) is 85.2 Å². The van der Waals surface area contributed by atoms with Gasteiger partial charge in [-0.25, -0.2) is 4.79 Å². The number of aromatic nitrogens is 1. The number of nitrogens with zero attached hydrogens (tertiary/aromatic N) is 2. The molecule has 4 heteroatoms. The Labute approximate surface area is 190 Å². The number of hydrogen-bond acceptors (Lipinski definition) is 2. The monoisotopic (exact) mass is 430 g/mol. The molecule has 0 fully saturated rings. The molecule has 158 valence electrons. The zero-order valence-corrected chi connectivity index (χ0v) is 18.9. The van der Waals surface area contributed by atoms with Crippen molar-refractivity contribution in [1.82, 2.24) is 0 Å². The highest BCUT2D eigenvalue weighted by Crippen LogP contribution is 2.41. The average Bonchev–Trinajstić information content (AvgIpc) is 2.80. The highest BCUT2D eigenvalue weighted by molar-refractivity contribution is 6.06. The van der Waals surface area contributed by atoms with Crippen LogP contribution in [0.4, 0.5) is 5.69 Å². The zero-order chi connectivity index (χ0) is 21.1. The summed E-state index contributed by atoms with van der Waals surface area (Å²) in [6, 6.07) is 25.4. The number of anilines is 1. The van der Waals surface area contributed by atoms with Crippen LogP contribution in [0, 0.1) is 0 Å². The molecule has 0 saturated heterocycles. The van der Waals surface area contributed by atoms with Crippen LogP contribution in [0.15, 0.2) is 85.2 Å². The summed E-state index contributed by atoms with van der Waals surface area (Å²) in [5, 5.41) is 2.38. The minimum absolute atomic E-state index is 0. The third-order valence-electron chi connectivity index (χ3n) is 5.69. The molecule has 31 heavy (non-hydrogen) atoms. The van der Waals surface area contributed by atoms with Gasteiger partial charge in [-0.2, -0.15) is 0 Å². The molecule has 4 aromatic rings. The predicted octanol–water partition coefficient (Wildman–Crippen LogP) is 2.97. The van der Waals surface area contributed by atoms with Gasteiger partial charge in [0, 0.05) is 24.7 Å². The first kappa shape index (κ1) is 22.5. The molecule has 1 aromatic heterocycles. The summed E-state index contributed by atoms with van der Waals surface area (Å²) >= 11 is 0. The summed E-state index contributed by atoms with van der Waals surface area (Å²) in [7, 11) is 0. The molecule has 3 nitrogen and oxygen atoms in total. The van der Waals surface area contributed by atoms with Crippen molar-refractivity contribution in [2.45, 2.75) is 20.8 Å². The minimum atomic E-state index is 0. The summed E-state index contributed by atoms with van der Waals surface area (Å²) in [6.45, 7) is 7.74. The van der Waals surface area contributed by atoms with Crippen molar-refractivity contribution in [2.75, 3.05) is 18.0 Å². The second-order valence-corrected chi connectivity index (χ2v) is 7.42. The summed E-state index contributed by atoms with van der Waals surface area (Å²) in [6.07, 6.45) is 3.86. The Morgan fingerprint density at radius 2 is 1.52 bits per heavy atom. The first-order valence-electron chi connectivity index (χ1n) is 10.5. The number of benzene rings is 3. The van der Waals surface area contributed by atoms with E-state index in [1.165, 1.54) is 21.9 Å². The topological polar surface area (TPSA) is 24.2 Å². The molecular weight excluding hydrogens is 404 g/mol. The fraction of sp³-hybridized carbons (Fsp3) is 0.185. The van der Waals surface area contributed by atoms with Gasteiger partial charge in [0.25, 0.3) is 0 Å². The fourth-order valence-corrected chi connectivity index (χ4v) is 4.14. The number of rotatable bonds is 5. The number of halogens is 1. The van der Waals surface area contributed by atoms with Crippen molar-refractivity contribution in [3.63, 3.8) is 0 Å². The Morgan fingerprint density at radius 1 is 0.839 bits per heavy atom. The Kier molecular flexibility index (Phi) is 7.09. The quantitative estimate of drug-likeness (QED) is 0.454. The standard InChI is InChI=1S/C27H27N2O.ClH/c1-4-28(5-2)26-17-18-29(20(3)30)19-25(26)27-23-14-10-9-13-22(23)15-16-24(27)21-11-7-6-8-12-21;/h6-19H,4-5H2,1-3H3;1H/q+1;/p-1. The Bertz CT molecular complexity index is 1200. The van der Waals surface area contributed by atoms with Crippen LogP contribution in [-0.4, -0.2) is 19.0 Å². The Hall–Kier alpha value is -3.17. The van der Waals surface area contributed by atoms with E-state index in [-0.39, 0.29) is 18.3 Å². The molecule has 0 aliphatic carbocycles. The van der Waals surface area contributed by atoms with E-state index in [1.54, 1.807) is 11.5 Å². The normalized spacial score (nSPS) is 10.5. The van der Waals surface area contributed by atoms with Crippen molar-refractivity contribution >= 4 is 22.4 Å². The van der Waals surface area contributed by atoms with Crippen LogP contribution in [0.5, 0.6) is 0 Å². The van der Waals surface area contributed by atoms with Gasteiger partial charge in [-0.15, -0.1) is 4.57 Å². The van der Waals surface area contributed by atoms with E-state index >= 15 is 0 Å². The second-order valence-electron chi connectivity index (χ2n) is 7.42. The predicted molar refractivity (Wildman–Crippen MR) is 125 cm³/mol. The summed E-state index contributed by atoms with van der Waals surface area (Å²) in [5.74, 6) is 0.00356. The molecule has 4 rings (SSSR count). The van der Waals surface area contributed by atoms with Gasteiger partial charge >= 0.3 is 5.91 Å². The molecule has 0 aliphatic rings. The molecule has 0 bridgehead atoms. The average molecular weight is 431 g/mol. The highest BCUT2D eigenvalue weighted by Gasteiger charge is 2.22. The highest BCUT2D eigenvalue weighted by atomic mass is 35.5. The molecule has 0 radical (unpaired) electrons. The smallest absolute Gasteiger partial charge is 0.389 e. The SMILES string of the molecule is CCN(CC)c1cc[n+](C(C)=O)cc1-c1c(-c2ccccc2)ccc2ccccc12.[Cl-]. The third-order valence-corrected chi connectivity index (χ3v) is 5.69. The van der Waals surface area contributed by atoms with Gasteiger partial charge in [-0.05, 0) is 35.7 Å². The molecule has 0 unspecified atom stereocenters. The number of carbonyl (C=O) groups is 1. The van der Waals surface area contributed by atoms with Gasteiger partial charge in [0.1, 0.15) is 0 Å². The lowest BCUT2D eigenvalue weighted by molar-refractivity contribution is -0.572. The summed E-state index contributed by atoms with van der Waals surface area (Å²) in [4.78, 5) is 14.6. The molecular formula is C27H27ClN2O. The molecule has 0 spiro atoms. The maximum atomic E-state index is 12.2. The number of hydrogen-bond donors (Lipinski definition) is 0. The Balaban J connectivity index is 0.00000272. The van der Waals surface area contributed by atoms with Crippen LogP contribution in [0.25, 0.3) is 33.0 Å². The molecule has 0 saturated carbocycles. The molecule has 0 aliphatic heterocycles. The second kappa shape index (κ2) is 9.76. The van der Waals surface area contributed by atoms with E-state index in [0.29, 0.717) is 0 Å². The molecule has 0 amide bonds. The van der Waals surface area contributed by atoms with Crippen LogP contribution >= 0.6 is 0 Å². The molecule has 0 atom stereocenters. The van der Waals surface area contributed by atoms with E-state index in [0.717, 1.165) is 29.9 Å². The summed E-state index contributed by atoms with van der Waals surface area (Å²) < 4.78 is 1.68. The van der Waals surface area contributed by atoms with Gasteiger partial charge < -0.3 is 17.3 Å².